The minimum atomic E-state index is -1.91. The summed E-state index contributed by atoms with van der Waals surface area (Å²) >= 11 is 0. The summed E-state index contributed by atoms with van der Waals surface area (Å²) in [7, 11) is -3.80. The Bertz CT molecular complexity index is 571. The minimum Gasteiger partial charge on any atom is -0.444 e. The van der Waals surface area contributed by atoms with E-state index in [4.69, 9.17) is 13.6 Å². The predicted molar refractivity (Wildman–Crippen MR) is 127 cm³/mol. The third kappa shape index (κ3) is 7.37. The van der Waals surface area contributed by atoms with Gasteiger partial charge in [0.05, 0.1) is 18.8 Å². The van der Waals surface area contributed by atoms with Gasteiger partial charge < -0.3 is 18.5 Å². The lowest BCUT2D eigenvalue weighted by molar-refractivity contribution is 0.0169. The van der Waals surface area contributed by atoms with Gasteiger partial charge in [-0.15, -0.1) is 0 Å². The van der Waals surface area contributed by atoms with Crippen LogP contribution in [0.4, 0.5) is 4.79 Å². The van der Waals surface area contributed by atoms with Gasteiger partial charge in [0.1, 0.15) is 5.60 Å². The maximum atomic E-state index is 12.9. The monoisotopic (exact) mass is 445 g/mol. The molecule has 1 aliphatic rings. The van der Waals surface area contributed by atoms with Gasteiger partial charge in [0.25, 0.3) is 0 Å². The fraction of sp³-hybridized carbons (Fsp3) is 0.955. The van der Waals surface area contributed by atoms with Gasteiger partial charge in [-0.05, 0) is 63.5 Å². The van der Waals surface area contributed by atoms with Crippen LogP contribution in [0, 0.1) is 0 Å². The molecule has 0 aromatic carbocycles. The zero-order valence-corrected chi connectivity index (χ0v) is 23.4. The Morgan fingerprint density at radius 3 is 1.79 bits per heavy atom. The van der Waals surface area contributed by atoms with Crippen LogP contribution in [-0.2, 0) is 13.6 Å². The number of hydrogen-bond donors (Lipinski definition) is 0. The van der Waals surface area contributed by atoms with Crippen molar-refractivity contribution < 1.29 is 18.4 Å². The van der Waals surface area contributed by atoms with E-state index < -0.39 is 22.2 Å². The normalized spacial score (nSPS) is 22.2. The van der Waals surface area contributed by atoms with E-state index in [-0.39, 0.29) is 28.3 Å². The van der Waals surface area contributed by atoms with E-state index >= 15 is 0 Å². The smallest absolute Gasteiger partial charge is 0.410 e. The molecule has 1 aliphatic heterocycles. The fourth-order valence-corrected chi connectivity index (χ4v) is 5.18. The molecule has 2 atom stereocenters. The molecule has 172 valence electrons. The van der Waals surface area contributed by atoms with Crippen LogP contribution >= 0.6 is 0 Å². The van der Waals surface area contributed by atoms with E-state index in [1.165, 1.54) is 0 Å². The number of carbonyl (C=O) groups is 1. The highest BCUT2D eigenvalue weighted by atomic mass is 28.4. The van der Waals surface area contributed by atoms with Crippen LogP contribution in [0.25, 0.3) is 0 Å². The van der Waals surface area contributed by atoms with Crippen molar-refractivity contribution in [2.45, 2.75) is 123 Å². The second-order valence-corrected chi connectivity index (χ2v) is 22.2. The Labute approximate surface area is 182 Å². The minimum absolute atomic E-state index is 0.00579. The van der Waals surface area contributed by atoms with Crippen LogP contribution in [0.2, 0.25) is 36.3 Å². The summed E-state index contributed by atoms with van der Waals surface area (Å²) in [5.74, 6) is 0. The van der Waals surface area contributed by atoms with Gasteiger partial charge in [-0.2, -0.15) is 0 Å². The molecule has 0 aromatic heterocycles. The second kappa shape index (κ2) is 8.63. The van der Waals surface area contributed by atoms with E-state index in [2.05, 4.69) is 67.7 Å². The average Bonchev–Trinajstić information content (AvgIpc) is 2.83. The van der Waals surface area contributed by atoms with Crippen molar-refractivity contribution in [2.24, 2.45) is 0 Å². The average molecular weight is 446 g/mol. The van der Waals surface area contributed by atoms with E-state index in [0.717, 1.165) is 6.42 Å². The largest absolute Gasteiger partial charge is 0.444 e. The molecule has 0 N–H and O–H groups in total. The lowest BCUT2D eigenvalue weighted by atomic mass is 10.2. The highest BCUT2D eigenvalue weighted by Gasteiger charge is 2.45. The topological polar surface area (TPSA) is 48.0 Å². The predicted octanol–water partition coefficient (Wildman–Crippen LogP) is 6.41. The summed E-state index contributed by atoms with van der Waals surface area (Å²) in [5, 5.41) is 0.277. The number of likely N-dealkylation sites (tertiary alicyclic amines) is 1. The molecule has 29 heavy (non-hydrogen) atoms. The standard InChI is InChI=1S/C22H47NO4Si2/c1-20(2,3)26-19(24)23-15-18(27-29(12,13)22(7,8)9)14-17(23)16-25-28(10,11)21(4,5)6/h17-18H,14-16H2,1-13H3/t17-,18+/m0/s1. The second-order valence-electron chi connectivity index (χ2n) is 12.6. The molecule has 0 radical (unpaired) electrons. The van der Waals surface area contributed by atoms with Crippen LogP contribution in [0.3, 0.4) is 0 Å². The Balaban J connectivity index is 2.98. The van der Waals surface area contributed by atoms with Gasteiger partial charge >= 0.3 is 6.09 Å². The van der Waals surface area contributed by atoms with Crippen molar-refractivity contribution in [3.63, 3.8) is 0 Å². The van der Waals surface area contributed by atoms with Gasteiger partial charge in [0.15, 0.2) is 16.6 Å². The zero-order chi connectivity index (χ0) is 23.1. The molecular weight excluding hydrogens is 398 g/mol. The lowest BCUT2D eigenvalue weighted by Gasteiger charge is -2.38. The summed E-state index contributed by atoms with van der Waals surface area (Å²) in [6.07, 6.45) is 0.583. The Hall–Kier alpha value is -0.376. The molecule has 1 fully saturated rings. The number of nitrogens with zero attached hydrogens (tertiary/aromatic N) is 1. The van der Waals surface area contributed by atoms with Gasteiger partial charge in [-0.3, -0.25) is 0 Å². The van der Waals surface area contributed by atoms with Gasteiger partial charge in [0, 0.05) is 6.54 Å². The summed E-state index contributed by atoms with van der Waals surface area (Å²) < 4.78 is 18.8. The SMILES string of the molecule is CC(C)(C)OC(=O)N1C[C@H](O[Si](C)(C)C(C)(C)C)C[C@H]1CO[Si](C)(C)C(C)(C)C. The molecule has 1 heterocycles. The first kappa shape index (κ1) is 26.7. The molecule has 0 aromatic rings. The maximum Gasteiger partial charge on any atom is 0.410 e. The van der Waals surface area contributed by atoms with Gasteiger partial charge in [-0.25, -0.2) is 4.79 Å². The number of carbonyl (C=O) groups excluding carboxylic acids is 1. The van der Waals surface area contributed by atoms with Crippen LogP contribution in [0.15, 0.2) is 0 Å². The number of ether oxygens (including phenoxy) is 1. The highest BCUT2D eigenvalue weighted by Crippen LogP contribution is 2.40. The molecule has 1 rings (SSSR count). The first-order chi connectivity index (χ1) is 12.7. The molecule has 0 spiro atoms. The summed E-state index contributed by atoms with van der Waals surface area (Å²) in [4.78, 5) is 14.8. The van der Waals surface area contributed by atoms with E-state index in [9.17, 15) is 4.79 Å². The summed E-state index contributed by atoms with van der Waals surface area (Å²) in [6, 6.07) is -0.00579. The number of rotatable bonds is 5. The highest BCUT2D eigenvalue weighted by molar-refractivity contribution is 6.74. The van der Waals surface area contributed by atoms with Crippen molar-refractivity contribution in [3.05, 3.63) is 0 Å². The van der Waals surface area contributed by atoms with Gasteiger partial charge in [0.2, 0.25) is 0 Å². The van der Waals surface area contributed by atoms with E-state index in [1.807, 2.05) is 25.7 Å². The van der Waals surface area contributed by atoms with Gasteiger partial charge in [-0.1, -0.05) is 41.5 Å². The first-order valence-electron chi connectivity index (χ1n) is 11.0. The molecule has 0 bridgehead atoms. The quantitative estimate of drug-likeness (QED) is 0.459. The molecule has 5 nitrogen and oxygen atoms in total. The Kier molecular flexibility index (Phi) is 7.94. The Morgan fingerprint density at radius 2 is 1.38 bits per heavy atom. The van der Waals surface area contributed by atoms with E-state index in [0.29, 0.717) is 13.2 Å². The fourth-order valence-electron chi connectivity index (χ4n) is 2.78. The first-order valence-corrected chi connectivity index (χ1v) is 16.8. The summed E-state index contributed by atoms with van der Waals surface area (Å²) in [6.45, 7) is 29.4. The number of hydrogen-bond acceptors (Lipinski definition) is 4. The molecule has 0 saturated carbocycles. The Morgan fingerprint density at radius 1 is 0.897 bits per heavy atom. The molecule has 7 heteroatoms. The van der Waals surface area contributed by atoms with Crippen LogP contribution < -0.4 is 0 Å². The third-order valence-corrected chi connectivity index (χ3v) is 15.7. The third-order valence-electron chi connectivity index (χ3n) is 6.71. The maximum absolute atomic E-state index is 12.9. The van der Waals surface area contributed by atoms with Crippen molar-refractivity contribution in [2.75, 3.05) is 13.2 Å². The molecule has 1 saturated heterocycles. The molecule has 0 aliphatic carbocycles. The number of amides is 1. The molecule has 0 unspecified atom stereocenters. The van der Waals surface area contributed by atoms with Crippen molar-refractivity contribution >= 4 is 22.7 Å². The van der Waals surface area contributed by atoms with Crippen molar-refractivity contribution in [1.82, 2.24) is 4.90 Å². The lowest BCUT2D eigenvalue weighted by Crippen LogP contribution is -2.47. The van der Waals surface area contributed by atoms with Crippen LogP contribution in [-0.4, -0.2) is 58.5 Å². The summed E-state index contributed by atoms with van der Waals surface area (Å²) in [5.41, 5.74) is -0.514. The zero-order valence-electron chi connectivity index (χ0n) is 21.4. The van der Waals surface area contributed by atoms with Crippen molar-refractivity contribution in [1.29, 1.82) is 0 Å². The van der Waals surface area contributed by atoms with Crippen LogP contribution in [0.1, 0.15) is 68.7 Å². The molecular formula is C22H47NO4Si2. The molecule has 1 amide bonds. The van der Waals surface area contributed by atoms with Crippen LogP contribution in [0.5, 0.6) is 0 Å². The van der Waals surface area contributed by atoms with Crippen molar-refractivity contribution in [3.8, 4) is 0 Å². The van der Waals surface area contributed by atoms with E-state index in [1.54, 1.807) is 0 Å².